The van der Waals surface area contributed by atoms with E-state index in [4.69, 9.17) is 16.2 Å². The van der Waals surface area contributed by atoms with E-state index >= 15 is 0 Å². The molecule has 3 rings (SSSR count). The lowest BCUT2D eigenvalue weighted by atomic mass is 9.88. The van der Waals surface area contributed by atoms with Crippen molar-refractivity contribution in [3.05, 3.63) is 54.1 Å². The summed E-state index contributed by atoms with van der Waals surface area (Å²) in [6, 6.07) is 14.9. The number of esters is 1. The zero-order chi connectivity index (χ0) is 24.8. The topological polar surface area (TPSA) is 119 Å². The first-order chi connectivity index (χ1) is 16.1. The Kier molecular flexibility index (Phi) is 8.20. The summed E-state index contributed by atoms with van der Waals surface area (Å²) in [5.41, 5.74) is 13.6. The Labute approximate surface area is 202 Å². The van der Waals surface area contributed by atoms with Crippen molar-refractivity contribution in [1.29, 1.82) is 0 Å². The van der Waals surface area contributed by atoms with E-state index in [0.717, 1.165) is 37.8 Å². The lowest BCUT2D eigenvalue weighted by Gasteiger charge is -2.31. The highest BCUT2D eigenvalue weighted by molar-refractivity contribution is 6.05. The van der Waals surface area contributed by atoms with Gasteiger partial charge < -0.3 is 26.8 Å². The van der Waals surface area contributed by atoms with Gasteiger partial charge in [0.25, 0.3) is 5.91 Å². The van der Waals surface area contributed by atoms with Gasteiger partial charge in [0.05, 0.1) is 11.4 Å². The number of carbonyl (C=O) groups is 2. The van der Waals surface area contributed by atoms with Crippen molar-refractivity contribution in [2.24, 2.45) is 5.73 Å². The van der Waals surface area contributed by atoms with Crippen molar-refractivity contribution in [1.82, 2.24) is 0 Å². The second-order valence-electron chi connectivity index (χ2n) is 10.3. The third kappa shape index (κ3) is 7.22. The number of amides is 1. The molecule has 7 heteroatoms. The SMILES string of the molecule is CC(C)(C)OC(=O)C1(N)CCCCC(Nc2ccc(C(=O)Nc3ccccc3N)cc2)CCC1. The molecule has 184 valence electrons. The molecule has 7 nitrogen and oxygen atoms in total. The fraction of sp³-hybridized carbons (Fsp3) is 0.481. The second-order valence-corrected chi connectivity index (χ2v) is 10.3. The molecule has 0 aromatic heterocycles. The van der Waals surface area contributed by atoms with E-state index in [-0.39, 0.29) is 17.9 Å². The quantitative estimate of drug-likeness (QED) is 0.360. The van der Waals surface area contributed by atoms with Crippen molar-refractivity contribution in [3.8, 4) is 0 Å². The minimum absolute atomic E-state index is 0.201. The van der Waals surface area contributed by atoms with Crippen molar-refractivity contribution in [2.45, 2.75) is 82.9 Å². The Morgan fingerprint density at radius 3 is 2.29 bits per heavy atom. The number of carbonyl (C=O) groups excluding carboxylic acids is 2. The highest BCUT2D eigenvalue weighted by Crippen LogP contribution is 2.28. The van der Waals surface area contributed by atoms with Crippen molar-refractivity contribution >= 4 is 28.9 Å². The summed E-state index contributed by atoms with van der Waals surface area (Å²) in [6.45, 7) is 5.61. The number of ether oxygens (including phenoxy) is 1. The van der Waals surface area contributed by atoms with Gasteiger partial charge in [-0.3, -0.25) is 9.59 Å². The zero-order valence-electron chi connectivity index (χ0n) is 20.5. The van der Waals surface area contributed by atoms with E-state index < -0.39 is 11.1 Å². The third-order valence-electron chi connectivity index (χ3n) is 6.13. The van der Waals surface area contributed by atoms with Gasteiger partial charge in [0.15, 0.2) is 0 Å². The Morgan fingerprint density at radius 2 is 1.62 bits per heavy atom. The molecular formula is C27H38N4O3. The van der Waals surface area contributed by atoms with Crippen LogP contribution in [0.4, 0.5) is 17.1 Å². The first kappa shape index (κ1) is 25.6. The Balaban J connectivity index is 1.56. The van der Waals surface area contributed by atoms with Crippen LogP contribution >= 0.6 is 0 Å². The van der Waals surface area contributed by atoms with Crippen LogP contribution in [0.25, 0.3) is 0 Å². The number of rotatable bonds is 5. The Hall–Kier alpha value is -3.06. The summed E-state index contributed by atoms with van der Waals surface area (Å²) in [5, 5.41) is 6.43. The summed E-state index contributed by atoms with van der Waals surface area (Å²) in [6.07, 6.45) is 5.88. The van der Waals surface area contributed by atoms with Gasteiger partial charge in [-0.05, 0) is 89.3 Å². The molecule has 0 heterocycles. The number of para-hydroxylation sites is 2. The first-order valence-electron chi connectivity index (χ1n) is 12.1. The molecule has 1 amide bonds. The van der Waals surface area contributed by atoms with E-state index in [2.05, 4.69) is 10.6 Å². The van der Waals surface area contributed by atoms with Crippen molar-refractivity contribution < 1.29 is 14.3 Å². The van der Waals surface area contributed by atoms with Gasteiger partial charge in [0, 0.05) is 17.3 Å². The molecule has 1 aliphatic carbocycles. The molecule has 2 aromatic carbocycles. The van der Waals surface area contributed by atoms with Crippen LogP contribution in [0.2, 0.25) is 0 Å². The highest BCUT2D eigenvalue weighted by atomic mass is 16.6. The van der Waals surface area contributed by atoms with Crippen LogP contribution in [0.5, 0.6) is 0 Å². The lowest BCUT2D eigenvalue weighted by molar-refractivity contribution is -0.162. The van der Waals surface area contributed by atoms with Crippen LogP contribution in [0.3, 0.4) is 0 Å². The Bertz CT molecular complexity index is 984. The van der Waals surface area contributed by atoms with E-state index in [1.165, 1.54) is 0 Å². The maximum atomic E-state index is 12.7. The van der Waals surface area contributed by atoms with Crippen LogP contribution in [-0.2, 0) is 9.53 Å². The van der Waals surface area contributed by atoms with Crippen LogP contribution in [-0.4, -0.2) is 29.1 Å². The molecule has 0 bridgehead atoms. The van der Waals surface area contributed by atoms with Gasteiger partial charge in [0.2, 0.25) is 0 Å². The van der Waals surface area contributed by atoms with Gasteiger partial charge in [-0.1, -0.05) is 25.0 Å². The average molecular weight is 467 g/mol. The number of hydrogen-bond donors (Lipinski definition) is 4. The van der Waals surface area contributed by atoms with Gasteiger partial charge in [-0.2, -0.15) is 0 Å². The molecule has 2 aromatic rings. The fourth-order valence-electron chi connectivity index (χ4n) is 4.25. The largest absolute Gasteiger partial charge is 0.459 e. The number of benzene rings is 2. The van der Waals surface area contributed by atoms with E-state index in [1.54, 1.807) is 24.3 Å². The smallest absolute Gasteiger partial charge is 0.326 e. The average Bonchev–Trinajstić information content (AvgIpc) is 2.86. The summed E-state index contributed by atoms with van der Waals surface area (Å²) >= 11 is 0. The molecule has 1 saturated carbocycles. The molecule has 1 fully saturated rings. The molecule has 0 radical (unpaired) electrons. The number of nitrogens with one attached hydrogen (secondary N) is 2. The van der Waals surface area contributed by atoms with Crippen molar-refractivity contribution in [2.75, 3.05) is 16.4 Å². The number of nitrogens with two attached hydrogens (primary N) is 2. The Morgan fingerprint density at radius 1 is 0.971 bits per heavy atom. The predicted octanol–water partition coefficient (Wildman–Crippen LogP) is 5.09. The summed E-state index contributed by atoms with van der Waals surface area (Å²) < 4.78 is 5.60. The summed E-state index contributed by atoms with van der Waals surface area (Å²) in [4.78, 5) is 25.3. The van der Waals surface area contributed by atoms with E-state index in [0.29, 0.717) is 29.8 Å². The molecule has 0 saturated heterocycles. The van der Waals surface area contributed by atoms with Crippen LogP contribution in [0.15, 0.2) is 48.5 Å². The molecule has 1 aliphatic rings. The minimum atomic E-state index is -0.917. The molecule has 0 spiro atoms. The maximum Gasteiger partial charge on any atom is 0.326 e. The summed E-state index contributed by atoms with van der Waals surface area (Å²) in [5.74, 6) is -0.495. The third-order valence-corrected chi connectivity index (χ3v) is 6.13. The number of anilines is 3. The normalized spacial score (nSPS) is 21.5. The number of nitrogen functional groups attached to an aromatic ring is 1. The standard InChI is InChI=1S/C27H38N4O3/c1-26(2,3)34-25(33)27(29)17-7-6-9-20(10-8-18-27)30-21-15-13-19(14-16-21)24(32)31-23-12-5-4-11-22(23)28/h4-5,11-16,20,30H,6-10,17-18,28-29H2,1-3H3,(H,31,32). The van der Waals surface area contributed by atoms with Crippen LogP contribution < -0.4 is 22.1 Å². The van der Waals surface area contributed by atoms with Crippen molar-refractivity contribution in [3.63, 3.8) is 0 Å². The first-order valence-corrected chi connectivity index (χ1v) is 12.1. The molecule has 34 heavy (non-hydrogen) atoms. The molecular weight excluding hydrogens is 428 g/mol. The van der Waals surface area contributed by atoms with E-state index in [9.17, 15) is 9.59 Å². The van der Waals surface area contributed by atoms with Crippen LogP contribution in [0, 0.1) is 0 Å². The maximum absolute atomic E-state index is 12.7. The monoisotopic (exact) mass is 466 g/mol. The lowest BCUT2D eigenvalue weighted by Crippen LogP contribution is -2.51. The second kappa shape index (κ2) is 10.9. The van der Waals surface area contributed by atoms with Gasteiger partial charge >= 0.3 is 5.97 Å². The van der Waals surface area contributed by atoms with Gasteiger partial charge in [-0.25, -0.2) is 0 Å². The fourth-order valence-corrected chi connectivity index (χ4v) is 4.25. The van der Waals surface area contributed by atoms with Crippen LogP contribution in [0.1, 0.15) is 76.1 Å². The molecule has 2 unspecified atom stereocenters. The predicted molar refractivity (Wildman–Crippen MR) is 138 cm³/mol. The zero-order valence-corrected chi connectivity index (χ0v) is 20.5. The molecule has 0 aliphatic heterocycles. The summed E-state index contributed by atoms with van der Waals surface area (Å²) in [7, 11) is 0. The van der Waals surface area contributed by atoms with E-state index in [1.807, 2.05) is 45.0 Å². The number of hydrogen-bond acceptors (Lipinski definition) is 6. The van der Waals surface area contributed by atoms with Gasteiger partial charge in [-0.15, -0.1) is 0 Å². The van der Waals surface area contributed by atoms with Gasteiger partial charge in [0.1, 0.15) is 11.1 Å². The molecule has 6 N–H and O–H groups in total. The highest BCUT2D eigenvalue weighted by Gasteiger charge is 2.37. The molecule has 2 atom stereocenters. The minimum Gasteiger partial charge on any atom is -0.459 e.